The summed E-state index contributed by atoms with van der Waals surface area (Å²) in [7, 11) is 0. The number of carbonyl (C=O) groups is 2. The third-order valence-corrected chi connectivity index (χ3v) is 9.10. The second kappa shape index (κ2) is 14.4. The second-order valence-corrected chi connectivity index (χ2v) is 12.4. The zero-order chi connectivity index (χ0) is 34.8. The number of benzene rings is 2. The first-order valence-electron chi connectivity index (χ1n) is 15.4. The number of phenols is 1. The zero-order valence-electron chi connectivity index (χ0n) is 25.8. The fourth-order valence-corrected chi connectivity index (χ4v) is 6.97. The fraction of sp³-hybridized carbons (Fsp3) is 0.471. The smallest absolute Gasteiger partial charge is 0.416 e. The zero-order valence-corrected chi connectivity index (χ0v) is 26.5. The summed E-state index contributed by atoms with van der Waals surface area (Å²) in [6.07, 6.45) is -6.71. The molecule has 1 heterocycles. The van der Waals surface area contributed by atoms with E-state index in [-0.39, 0.29) is 24.7 Å². The van der Waals surface area contributed by atoms with Crippen LogP contribution in [0, 0.1) is 17.8 Å². The number of fused-ring (bicyclic) bond motifs is 1. The largest absolute Gasteiger partial charge is 0.508 e. The third kappa shape index (κ3) is 7.87. The first-order chi connectivity index (χ1) is 22.0. The van der Waals surface area contributed by atoms with Crippen LogP contribution >= 0.6 is 11.6 Å². The van der Waals surface area contributed by atoms with Crippen molar-refractivity contribution in [2.45, 2.75) is 77.2 Å². The number of phenolic OH excluding ortho intramolecular Hbond substituents is 1. The van der Waals surface area contributed by atoms with Crippen LogP contribution in [0.1, 0.15) is 75.5 Å². The van der Waals surface area contributed by atoms with Gasteiger partial charge in [-0.25, -0.2) is 4.90 Å². The number of allylic oxidation sites excluding steroid dienone is 2. The SMILES string of the molecule is CCCC1=C([C@H](O)CC/C(=C/c2ccc(O)cc2Cl)CCC)[C@H](CO)[C@@H]2C(=O)N(c3cc(C(F)(F)F)cc(C(F)(F)F)c3)C(=O)[C@@H]2C1. The van der Waals surface area contributed by atoms with E-state index in [9.17, 15) is 51.3 Å². The van der Waals surface area contributed by atoms with Gasteiger partial charge in [-0.2, -0.15) is 26.3 Å². The maximum atomic E-state index is 13.8. The quantitative estimate of drug-likeness (QED) is 0.125. The lowest BCUT2D eigenvalue weighted by molar-refractivity contribution is -0.143. The highest BCUT2D eigenvalue weighted by molar-refractivity contribution is 6.32. The van der Waals surface area contributed by atoms with Crippen LogP contribution in [-0.2, 0) is 21.9 Å². The summed E-state index contributed by atoms with van der Waals surface area (Å²) in [4.78, 5) is 27.8. The Balaban J connectivity index is 1.68. The van der Waals surface area contributed by atoms with Gasteiger partial charge in [0.25, 0.3) is 0 Å². The van der Waals surface area contributed by atoms with E-state index in [0.29, 0.717) is 64.4 Å². The van der Waals surface area contributed by atoms with Crippen LogP contribution in [-0.4, -0.2) is 39.8 Å². The number of halogens is 7. The van der Waals surface area contributed by atoms with Gasteiger partial charge in [-0.15, -0.1) is 0 Å². The molecule has 47 heavy (non-hydrogen) atoms. The van der Waals surface area contributed by atoms with E-state index in [1.165, 1.54) is 12.1 Å². The maximum Gasteiger partial charge on any atom is 0.416 e. The minimum absolute atomic E-state index is 0.00742. The van der Waals surface area contributed by atoms with E-state index >= 15 is 0 Å². The number of anilines is 1. The highest BCUT2D eigenvalue weighted by atomic mass is 35.5. The van der Waals surface area contributed by atoms with E-state index < -0.39 is 71.4 Å². The molecule has 0 spiro atoms. The first kappa shape index (κ1) is 36.5. The molecule has 0 saturated carbocycles. The number of alkyl halides is 6. The average Bonchev–Trinajstić information content (AvgIpc) is 3.24. The molecule has 256 valence electrons. The Bertz CT molecular complexity index is 1530. The highest BCUT2D eigenvalue weighted by Gasteiger charge is 2.55. The van der Waals surface area contributed by atoms with Crippen LogP contribution < -0.4 is 4.90 Å². The van der Waals surface area contributed by atoms with Gasteiger partial charge in [0.05, 0.1) is 46.4 Å². The molecule has 0 radical (unpaired) electrons. The molecular weight excluding hydrogens is 652 g/mol. The molecule has 2 aliphatic rings. The predicted octanol–water partition coefficient (Wildman–Crippen LogP) is 8.32. The fourth-order valence-electron chi connectivity index (χ4n) is 6.74. The van der Waals surface area contributed by atoms with Gasteiger partial charge in [-0.05, 0) is 79.6 Å². The van der Waals surface area contributed by atoms with Gasteiger partial charge in [-0.3, -0.25) is 9.59 Å². The normalized spacial score (nSPS) is 21.5. The summed E-state index contributed by atoms with van der Waals surface area (Å²) in [6.45, 7) is 3.16. The number of hydrogen-bond donors (Lipinski definition) is 3. The highest BCUT2D eigenvalue weighted by Crippen LogP contribution is 2.49. The van der Waals surface area contributed by atoms with Crippen LogP contribution in [0.4, 0.5) is 32.0 Å². The molecule has 0 unspecified atom stereocenters. The van der Waals surface area contributed by atoms with Gasteiger partial charge in [0.1, 0.15) is 5.75 Å². The van der Waals surface area contributed by atoms with Crippen molar-refractivity contribution < 1.29 is 51.3 Å². The standard InChI is InChI=1S/C34H36ClF6NO5/c1-3-5-18(11-19-8-9-24(44)16-27(19)35)7-10-28(45)29-20(6-4-2)12-25-30(26(29)17-43)32(47)42(31(25)46)23-14-21(33(36,37)38)13-22(15-23)34(39,40)41/h8-9,11,13-16,25-26,28,30,43-45H,3-7,10,12,17H2,1-2H3/b18-11+/t25-,26+,28-,30-/m1/s1. The molecule has 2 aromatic rings. The average molecular weight is 688 g/mol. The molecule has 6 nitrogen and oxygen atoms in total. The number of rotatable bonds is 11. The summed E-state index contributed by atoms with van der Waals surface area (Å²) in [5.74, 6) is -5.47. The molecule has 0 bridgehead atoms. The molecule has 13 heteroatoms. The van der Waals surface area contributed by atoms with Crippen LogP contribution in [0.2, 0.25) is 5.02 Å². The lowest BCUT2D eigenvalue weighted by atomic mass is 9.67. The number of amides is 2. The number of nitrogens with zero attached hydrogens (tertiary/aromatic N) is 1. The topological polar surface area (TPSA) is 98.1 Å². The molecule has 4 rings (SSSR count). The van der Waals surface area contributed by atoms with Crippen molar-refractivity contribution in [3.63, 3.8) is 0 Å². The number of aromatic hydroxyl groups is 1. The lowest BCUT2D eigenvalue weighted by Crippen LogP contribution is -2.39. The Labute approximate surface area is 273 Å². The van der Waals surface area contributed by atoms with E-state index in [0.717, 1.165) is 12.0 Å². The third-order valence-electron chi connectivity index (χ3n) is 8.78. The monoisotopic (exact) mass is 687 g/mol. The van der Waals surface area contributed by atoms with Crippen molar-refractivity contribution >= 4 is 35.2 Å². The van der Waals surface area contributed by atoms with Crippen LogP contribution in [0.3, 0.4) is 0 Å². The molecule has 1 aliphatic carbocycles. The van der Waals surface area contributed by atoms with E-state index in [1.54, 1.807) is 6.07 Å². The molecule has 1 fully saturated rings. The van der Waals surface area contributed by atoms with Gasteiger partial charge in [-0.1, -0.05) is 55.5 Å². The van der Waals surface area contributed by atoms with Gasteiger partial charge in [0.15, 0.2) is 0 Å². The molecule has 2 aromatic carbocycles. The summed E-state index contributed by atoms with van der Waals surface area (Å²) in [5, 5.41) is 32.1. The van der Waals surface area contributed by atoms with Gasteiger partial charge in [0, 0.05) is 5.92 Å². The summed E-state index contributed by atoms with van der Waals surface area (Å²) >= 11 is 6.28. The molecule has 2 amide bonds. The molecule has 4 atom stereocenters. The Morgan fingerprint density at radius 3 is 2.15 bits per heavy atom. The molecule has 1 aliphatic heterocycles. The first-order valence-corrected chi connectivity index (χ1v) is 15.7. The van der Waals surface area contributed by atoms with Crippen molar-refractivity contribution in [2.75, 3.05) is 11.5 Å². The Morgan fingerprint density at radius 2 is 1.62 bits per heavy atom. The van der Waals surface area contributed by atoms with Crippen LogP contribution in [0.5, 0.6) is 5.75 Å². The predicted molar refractivity (Wildman–Crippen MR) is 164 cm³/mol. The van der Waals surface area contributed by atoms with E-state index in [4.69, 9.17) is 11.6 Å². The Kier molecular flexibility index (Phi) is 11.2. The minimum Gasteiger partial charge on any atom is -0.508 e. The van der Waals surface area contributed by atoms with Gasteiger partial charge in [0.2, 0.25) is 11.8 Å². The summed E-state index contributed by atoms with van der Waals surface area (Å²) < 4.78 is 81.6. The van der Waals surface area contributed by atoms with Crippen LogP contribution in [0.15, 0.2) is 53.1 Å². The summed E-state index contributed by atoms with van der Waals surface area (Å²) in [5.41, 5.74) is -1.57. The van der Waals surface area contributed by atoms with Crippen molar-refractivity contribution in [3.8, 4) is 5.75 Å². The maximum absolute atomic E-state index is 13.8. The lowest BCUT2D eigenvalue weighted by Gasteiger charge is -2.36. The number of hydrogen-bond acceptors (Lipinski definition) is 5. The van der Waals surface area contributed by atoms with Crippen LogP contribution in [0.25, 0.3) is 6.08 Å². The molecular formula is C34H36ClF6NO5. The number of aliphatic hydroxyl groups is 2. The number of imide groups is 1. The minimum atomic E-state index is -5.19. The Hall–Kier alpha value is -3.35. The van der Waals surface area contributed by atoms with E-state index in [2.05, 4.69) is 0 Å². The van der Waals surface area contributed by atoms with Crippen molar-refractivity contribution in [3.05, 3.63) is 74.8 Å². The number of aliphatic hydroxyl groups excluding tert-OH is 2. The Morgan fingerprint density at radius 1 is 0.979 bits per heavy atom. The van der Waals surface area contributed by atoms with Crippen molar-refractivity contribution in [1.29, 1.82) is 0 Å². The van der Waals surface area contributed by atoms with Gasteiger partial charge >= 0.3 is 12.4 Å². The molecule has 3 N–H and O–H groups in total. The second-order valence-electron chi connectivity index (χ2n) is 12.0. The molecule has 0 aromatic heterocycles. The van der Waals surface area contributed by atoms with Gasteiger partial charge < -0.3 is 15.3 Å². The van der Waals surface area contributed by atoms with E-state index in [1.807, 2.05) is 19.9 Å². The number of carbonyl (C=O) groups excluding carboxylic acids is 2. The molecule has 1 saturated heterocycles. The van der Waals surface area contributed by atoms with Crippen molar-refractivity contribution in [2.24, 2.45) is 17.8 Å². The van der Waals surface area contributed by atoms with Crippen molar-refractivity contribution in [1.82, 2.24) is 0 Å². The summed E-state index contributed by atoms with van der Waals surface area (Å²) in [6, 6.07) is 5.16.